The number of nitrogens with one attached hydrogen (secondary N) is 1. The molecule has 2 aromatic carbocycles. The molecule has 0 amide bonds. The van der Waals surface area contributed by atoms with Crippen LogP contribution in [-0.4, -0.2) is 16.2 Å². The van der Waals surface area contributed by atoms with Crippen LogP contribution in [0.1, 0.15) is 41.9 Å². The topological polar surface area (TPSA) is 39.1 Å². The minimum absolute atomic E-state index is 0.322. The molecule has 0 aliphatic carbocycles. The van der Waals surface area contributed by atoms with E-state index in [1.165, 1.54) is 16.7 Å². The van der Waals surface area contributed by atoms with Gasteiger partial charge < -0.3 is 14.6 Å². The lowest BCUT2D eigenvalue weighted by molar-refractivity contribution is 0.356. The number of aromatic nitrogens is 2. The molecule has 0 saturated carbocycles. The largest absolute Gasteiger partial charge is 0.493 e. The van der Waals surface area contributed by atoms with Gasteiger partial charge in [-0.2, -0.15) is 0 Å². The molecule has 0 unspecified atom stereocenters. The molecular weight excluding hydrogens is 322 g/mol. The first-order valence-electron chi connectivity index (χ1n) is 9.36. The summed E-state index contributed by atoms with van der Waals surface area (Å²) in [5.74, 6) is 2.11. The molecule has 4 nitrogen and oxygen atoms in total. The van der Waals surface area contributed by atoms with Gasteiger partial charge in [-0.15, -0.1) is 0 Å². The van der Waals surface area contributed by atoms with E-state index in [9.17, 15) is 0 Å². The van der Waals surface area contributed by atoms with Crippen molar-refractivity contribution in [2.24, 2.45) is 0 Å². The number of imidazole rings is 1. The molecule has 4 rings (SSSR count). The molecule has 1 N–H and O–H groups in total. The van der Waals surface area contributed by atoms with E-state index in [2.05, 4.69) is 70.5 Å². The van der Waals surface area contributed by atoms with Crippen LogP contribution in [-0.2, 0) is 19.5 Å². The monoisotopic (exact) mass is 347 g/mol. The highest BCUT2D eigenvalue weighted by molar-refractivity contribution is 5.40. The first-order chi connectivity index (χ1) is 12.8. The van der Waals surface area contributed by atoms with Gasteiger partial charge in [0, 0.05) is 31.4 Å². The molecule has 1 aromatic heterocycles. The average Bonchev–Trinajstić information content (AvgIpc) is 3.32. The summed E-state index contributed by atoms with van der Waals surface area (Å²) >= 11 is 0. The predicted octanol–water partition coefficient (Wildman–Crippen LogP) is 4.11. The van der Waals surface area contributed by atoms with E-state index in [1.807, 2.05) is 12.3 Å². The number of hydrogen-bond donors (Lipinski definition) is 1. The van der Waals surface area contributed by atoms with Gasteiger partial charge in [0.2, 0.25) is 0 Å². The zero-order chi connectivity index (χ0) is 17.8. The first-order valence-corrected chi connectivity index (χ1v) is 9.36. The van der Waals surface area contributed by atoms with Crippen LogP contribution >= 0.6 is 0 Å². The van der Waals surface area contributed by atoms with Gasteiger partial charge in [0.05, 0.1) is 13.2 Å². The van der Waals surface area contributed by atoms with E-state index in [1.54, 1.807) is 0 Å². The summed E-state index contributed by atoms with van der Waals surface area (Å²) in [5, 5.41) is 3.68. The third-order valence-corrected chi connectivity index (χ3v) is 5.03. The van der Waals surface area contributed by atoms with Crippen molar-refractivity contribution in [3.8, 4) is 5.75 Å². The van der Waals surface area contributed by atoms with Crippen LogP contribution in [0.2, 0.25) is 0 Å². The van der Waals surface area contributed by atoms with E-state index in [4.69, 9.17) is 4.74 Å². The van der Waals surface area contributed by atoms with Crippen molar-refractivity contribution in [1.29, 1.82) is 0 Å². The highest BCUT2D eigenvalue weighted by Crippen LogP contribution is 2.29. The summed E-state index contributed by atoms with van der Waals surface area (Å²) in [5.41, 5.74) is 3.95. The first kappa shape index (κ1) is 16.9. The van der Waals surface area contributed by atoms with Crippen LogP contribution in [0.25, 0.3) is 0 Å². The van der Waals surface area contributed by atoms with Crippen molar-refractivity contribution in [1.82, 2.24) is 14.9 Å². The van der Waals surface area contributed by atoms with Gasteiger partial charge in [-0.05, 0) is 29.2 Å². The summed E-state index contributed by atoms with van der Waals surface area (Å²) < 4.78 is 7.84. The van der Waals surface area contributed by atoms with E-state index in [0.29, 0.717) is 6.04 Å². The Bertz CT molecular complexity index is 857. The second-order valence-corrected chi connectivity index (χ2v) is 6.76. The van der Waals surface area contributed by atoms with Crippen LogP contribution in [0.4, 0.5) is 0 Å². The van der Waals surface area contributed by atoms with Gasteiger partial charge in [0.25, 0.3) is 0 Å². The van der Waals surface area contributed by atoms with Crippen molar-refractivity contribution in [3.05, 3.63) is 83.4 Å². The summed E-state index contributed by atoms with van der Waals surface area (Å²) in [6.45, 7) is 4.63. The molecule has 1 aliphatic rings. The van der Waals surface area contributed by atoms with Crippen LogP contribution in [0, 0.1) is 0 Å². The SMILES string of the molecule is CC[C@@H](NCc1nccn1Cc1ccccc1)c1ccc2c(c1)CCO2. The van der Waals surface area contributed by atoms with Gasteiger partial charge in [-0.1, -0.05) is 49.4 Å². The summed E-state index contributed by atoms with van der Waals surface area (Å²) in [7, 11) is 0. The Morgan fingerprint density at radius 3 is 2.92 bits per heavy atom. The average molecular weight is 347 g/mol. The minimum atomic E-state index is 0.322. The minimum Gasteiger partial charge on any atom is -0.493 e. The molecule has 134 valence electrons. The molecule has 2 heterocycles. The second kappa shape index (κ2) is 7.75. The normalized spacial score (nSPS) is 14.0. The molecule has 0 radical (unpaired) electrons. The summed E-state index contributed by atoms with van der Waals surface area (Å²) in [6.07, 6.45) is 5.99. The predicted molar refractivity (Wildman–Crippen MR) is 103 cm³/mol. The van der Waals surface area contributed by atoms with Crippen LogP contribution in [0.5, 0.6) is 5.75 Å². The van der Waals surface area contributed by atoms with Gasteiger partial charge >= 0.3 is 0 Å². The molecule has 4 heteroatoms. The van der Waals surface area contributed by atoms with Crippen LogP contribution in [0.3, 0.4) is 0 Å². The van der Waals surface area contributed by atoms with Gasteiger partial charge in [0.15, 0.2) is 0 Å². The van der Waals surface area contributed by atoms with Crippen molar-refractivity contribution >= 4 is 0 Å². The van der Waals surface area contributed by atoms with E-state index < -0.39 is 0 Å². The Hall–Kier alpha value is -2.59. The van der Waals surface area contributed by atoms with Crippen molar-refractivity contribution in [2.45, 2.75) is 38.9 Å². The number of fused-ring (bicyclic) bond motifs is 1. The van der Waals surface area contributed by atoms with E-state index in [0.717, 1.165) is 44.1 Å². The van der Waals surface area contributed by atoms with Gasteiger partial charge in [0.1, 0.15) is 11.6 Å². The maximum atomic E-state index is 5.62. The molecule has 0 spiro atoms. The molecule has 26 heavy (non-hydrogen) atoms. The number of benzene rings is 2. The maximum absolute atomic E-state index is 5.62. The zero-order valence-corrected chi connectivity index (χ0v) is 15.2. The lowest BCUT2D eigenvalue weighted by Crippen LogP contribution is -2.22. The van der Waals surface area contributed by atoms with E-state index >= 15 is 0 Å². The molecular formula is C22H25N3O. The van der Waals surface area contributed by atoms with Crippen molar-refractivity contribution in [2.75, 3.05) is 6.61 Å². The summed E-state index contributed by atoms with van der Waals surface area (Å²) in [4.78, 5) is 4.55. The maximum Gasteiger partial charge on any atom is 0.122 e. The lowest BCUT2D eigenvalue weighted by Gasteiger charge is -2.18. The number of nitrogens with zero attached hydrogens (tertiary/aromatic N) is 2. The van der Waals surface area contributed by atoms with E-state index in [-0.39, 0.29) is 0 Å². The third-order valence-electron chi connectivity index (χ3n) is 5.03. The third kappa shape index (κ3) is 3.65. The molecule has 0 fully saturated rings. The molecule has 0 saturated heterocycles. The molecule has 1 aliphatic heterocycles. The molecule has 0 bridgehead atoms. The number of hydrogen-bond acceptors (Lipinski definition) is 3. The van der Waals surface area contributed by atoms with Crippen LogP contribution < -0.4 is 10.1 Å². The van der Waals surface area contributed by atoms with Crippen molar-refractivity contribution in [3.63, 3.8) is 0 Å². The van der Waals surface area contributed by atoms with Gasteiger partial charge in [-0.3, -0.25) is 0 Å². The Morgan fingerprint density at radius 2 is 2.08 bits per heavy atom. The Balaban J connectivity index is 1.44. The summed E-state index contributed by atoms with van der Waals surface area (Å²) in [6, 6.07) is 17.4. The lowest BCUT2D eigenvalue weighted by atomic mass is 10.0. The number of ether oxygens (including phenoxy) is 1. The Morgan fingerprint density at radius 1 is 1.19 bits per heavy atom. The highest BCUT2D eigenvalue weighted by atomic mass is 16.5. The molecule has 1 atom stereocenters. The fourth-order valence-electron chi connectivity index (χ4n) is 3.57. The van der Waals surface area contributed by atoms with Crippen LogP contribution in [0.15, 0.2) is 60.9 Å². The second-order valence-electron chi connectivity index (χ2n) is 6.76. The zero-order valence-electron chi connectivity index (χ0n) is 15.2. The number of rotatable bonds is 7. The fourth-order valence-corrected chi connectivity index (χ4v) is 3.57. The van der Waals surface area contributed by atoms with Crippen molar-refractivity contribution < 1.29 is 4.74 Å². The van der Waals surface area contributed by atoms with Gasteiger partial charge in [-0.25, -0.2) is 4.98 Å². The Labute approximate surface area is 154 Å². The highest BCUT2D eigenvalue weighted by Gasteiger charge is 2.16. The smallest absolute Gasteiger partial charge is 0.122 e. The fraction of sp³-hybridized carbons (Fsp3) is 0.318. The standard InChI is InChI=1S/C22H25N3O/c1-2-20(18-8-9-21-19(14-18)10-13-26-21)24-15-22-23-11-12-25(22)16-17-6-4-3-5-7-17/h3-9,11-12,14,20,24H,2,10,13,15-16H2,1H3/t20-/m1/s1. The quantitative estimate of drug-likeness (QED) is 0.699. The molecule has 3 aromatic rings. The Kier molecular flexibility index (Phi) is 5.02.